The molecule has 0 aliphatic carbocycles. The maximum absolute atomic E-state index is 11.8. The van der Waals surface area contributed by atoms with Crippen LogP contribution in [0, 0.1) is 3.57 Å². The molecule has 0 saturated heterocycles. The molecule has 3 N–H and O–H groups in total. The first kappa shape index (κ1) is 26.1. The number of carbonyl (C=O) groups excluding carboxylic acids is 1. The highest BCUT2D eigenvalue weighted by molar-refractivity contribution is 14.1. The minimum Gasteiger partial charge on any atom is -0.444 e. The van der Waals surface area contributed by atoms with Crippen molar-refractivity contribution in [2.24, 2.45) is 0 Å². The summed E-state index contributed by atoms with van der Waals surface area (Å²) in [6.07, 6.45) is 2.59. The molecule has 8 nitrogen and oxygen atoms in total. The van der Waals surface area contributed by atoms with Crippen LogP contribution in [0.1, 0.15) is 38.3 Å². The number of nitrogens with one attached hydrogen (secondary N) is 2. The number of aliphatic hydroxyl groups is 1. The first-order valence-electron chi connectivity index (χ1n) is 10.7. The standard InChI is InChI=1S/C24H27ClIN5O3/c1-24(2,3)34-23(33)27-8-4-5-16-11-17(6-7-20(16)26)21-28-14-29-22(31-21)30-19-10-15(13-32)9-18(25)12-19/h6-7,9-12,14,32H,4-5,8,13H2,1-3H3,(H,27,33)(H,28,29,30,31). The second-order valence-electron chi connectivity index (χ2n) is 8.60. The van der Waals surface area contributed by atoms with Crippen LogP contribution >= 0.6 is 34.2 Å². The molecule has 10 heteroatoms. The minimum atomic E-state index is -0.514. The van der Waals surface area contributed by atoms with E-state index in [1.54, 1.807) is 18.2 Å². The van der Waals surface area contributed by atoms with Gasteiger partial charge in [-0.15, -0.1) is 0 Å². The number of alkyl carbamates (subject to hydrolysis) is 1. The van der Waals surface area contributed by atoms with Gasteiger partial charge in [-0.05, 0) is 97.7 Å². The van der Waals surface area contributed by atoms with Gasteiger partial charge >= 0.3 is 6.09 Å². The number of hydrogen-bond acceptors (Lipinski definition) is 7. The van der Waals surface area contributed by atoms with Crippen molar-refractivity contribution in [1.82, 2.24) is 20.3 Å². The molecular weight excluding hydrogens is 569 g/mol. The van der Waals surface area contributed by atoms with Gasteiger partial charge in [0.15, 0.2) is 5.82 Å². The number of nitrogens with zero attached hydrogens (tertiary/aromatic N) is 3. The third-order valence-corrected chi connectivity index (χ3v) is 5.83. The van der Waals surface area contributed by atoms with Crippen LogP contribution in [-0.4, -0.2) is 38.3 Å². The van der Waals surface area contributed by atoms with Gasteiger partial charge in [-0.2, -0.15) is 4.98 Å². The monoisotopic (exact) mass is 595 g/mol. The van der Waals surface area contributed by atoms with Gasteiger partial charge in [0.05, 0.1) is 6.61 Å². The van der Waals surface area contributed by atoms with Crippen molar-refractivity contribution in [3.63, 3.8) is 0 Å². The number of aliphatic hydroxyl groups excluding tert-OH is 1. The first-order chi connectivity index (χ1) is 16.1. The third-order valence-electron chi connectivity index (χ3n) is 4.56. The van der Waals surface area contributed by atoms with Gasteiger partial charge in [0.1, 0.15) is 11.9 Å². The van der Waals surface area contributed by atoms with E-state index < -0.39 is 11.7 Å². The Morgan fingerprint density at radius 3 is 2.71 bits per heavy atom. The number of halogens is 2. The summed E-state index contributed by atoms with van der Waals surface area (Å²) in [7, 11) is 0. The molecule has 0 spiro atoms. The van der Waals surface area contributed by atoms with Crippen molar-refractivity contribution >= 4 is 51.9 Å². The van der Waals surface area contributed by atoms with Crippen LogP contribution in [0.15, 0.2) is 42.7 Å². The maximum atomic E-state index is 11.8. The number of carbonyl (C=O) groups is 1. The molecule has 1 aromatic heterocycles. The largest absolute Gasteiger partial charge is 0.444 e. The fourth-order valence-corrected chi connectivity index (χ4v) is 3.99. The fraction of sp³-hybridized carbons (Fsp3) is 0.333. The Bertz CT molecular complexity index is 1150. The van der Waals surface area contributed by atoms with E-state index in [4.69, 9.17) is 16.3 Å². The molecule has 34 heavy (non-hydrogen) atoms. The Hall–Kier alpha value is -2.50. The quantitative estimate of drug-likeness (QED) is 0.233. The number of aryl methyl sites for hydroxylation is 1. The Morgan fingerprint density at radius 2 is 1.97 bits per heavy atom. The molecule has 0 unspecified atom stereocenters. The fourth-order valence-electron chi connectivity index (χ4n) is 3.13. The Kier molecular flexibility index (Phi) is 9.03. The summed E-state index contributed by atoms with van der Waals surface area (Å²) in [5, 5.41) is 15.8. The van der Waals surface area contributed by atoms with E-state index in [9.17, 15) is 9.90 Å². The Morgan fingerprint density at radius 1 is 1.18 bits per heavy atom. The molecule has 0 bridgehead atoms. The number of amides is 1. The van der Waals surface area contributed by atoms with Crippen LogP contribution in [-0.2, 0) is 17.8 Å². The van der Waals surface area contributed by atoms with Gasteiger partial charge in [-0.3, -0.25) is 0 Å². The predicted octanol–water partition coefficient (Wildman–Crippen LogP) is 5.49. The maximum Gasteiger partial charge on any atom is 0.407 e. The summed E-state index contributed by atoms with van der Waals surface area (Å²) in [5.74, 6) is 0.907. The van der Waals surface area contributed by atoms with Gasteiger partial charge in [-0.25, -0.2) is 14.8 Å². The first-order valence-corrected chi connectivity index (χ1v) is 12.2. The summed E-state index contributed by atoms with van der Waals surface area (Å²) in [4.78, 5) is 24.9. The molecule has 0 aliphatic heterocycles. The molecule has 0 radical (unpaired) electrons. The van der Waals surface area contributed by atoms with Crippen molar-refractivity contribution < 1.29 is 14.6 Å². The Labute approximate surface area is 217 Å². The molecule has 1 amide bonds. The van der Waals surface area contributed by atoms with Gasteiger partial charge in [-0.1, -0.05) is 17.7 Å². The molecule has 3 rings (SSSR count). The summed E-state index contributed by atoms with van der Waals surface area (Å²) in [6.45, 7) is 5.92. The minimum absolute atomic E-state index is 0.115. The van der Waals surface area contributed by atoms with Gasteiger partial charge in [0.2, 0.25) is 5.95 Å². The SMILES string of the molecule is CC(C)(C)OC(=O)NCCCc1cc(-c2ncnc(Nc3cc(Cl)cc(CO)c3)n2)ccc1I. The Balaban J connectivity index is 1.67. The molecule has 0 atom stereocenters. The van der Waals surface area contributed by atoms with E-state index >= 15 is 0 Å². The van der Waals surface area contributed by atoms with Crippen LogP contribution < -0.4 is 10.6 Å². The normalized spacial score (nSPS) is 11.2. The lowest BCUT2D eigenvalue weighted by Gasteiger charge is -2.19. The molecular formula is C24H27ClIN5O3. The highest BCUT2D eigenvalue weighted by Crippen LogP contribution is 2.24. The van der Waals surface area contributed by atoms with Crippen LogP contribution in [0.2, 0.25) is 5.02 Å². The topological polar surface area (TPSA) is 109 Å². The zero-order chi connectivity index (χ0) is 24.7. The zero-order valence-corrected chi connectivity index (χ0v) is 22.1. The summed E-state index contributed by atoms with van der Waals surface area (Å²) >= 11 is 8.42. The summed E-state index contributed by atoms with van der Waals surface area (Å²) < 4.78 is 6.39. The van der Waals surface area contributed by atoms with Crippen LogP contribution in [0.5, 0.6) is 0 Å². The van der Waals surface area contributed by atoms with E-state index in [-0.39, 0.29) is 6.61 Å². The number of benzene rings is 2. The molecule has 2 aromatic carbocycles. The van der Waals surface area contributed by atoms with E-state index in [0.717, 1.165) is 27.5 Å². The molecule has 1 heterocycles. The summed E-state index contributed by atoms with van der Waals surface area (Å²) in [6, 6.07) is 11.3. The van der Waals surface area contributed by atoms with E-state index in [0.29, 0.717) is 34.6 Å². The van der Waals surface area contributed by atoms with Gasteiger partial charge < -0.3 is 20.5 Å². The van der Waals surface area contributed by atoms with Crippen molar-refractivity contribution in [3.05, 3.63) is 62.4 Å². The number of ether oxygens (including phenoxy) is 1. The van der Waals surface area contributed by atoms with Crippen molar-refractivity contribution in [2.75, 3.05) is 11.9 Å². The molecule has 180 valence electrons. The zero-order valence-electron chi connectivity index (χ0n) is 19.2. The van der Waals surface area contributed by atoms with Gasteiger partial charge in [0, 0.05) is 26.4 Å². The predicted molar refractivity (Wildman–Crippen MR) is 141 cm³/mol. The molecule has 0 aliphatic rings. The number of aromatic nitrogens is 3. The van der Waals surface area contributed by atoms with Crippen molar-refractivity contribution in [2.45, 2.75) is 45.8 Å². The number of anilines is 2. The van der Waals surface area contributed by atoms with E-state index in [2.05, 4.69) is 54.2 Å². The average molecular weight is 596 g/mol. The van der Waals surface area contributed by atoms with Crippen molar-refractivity contribution in [1.29, 1.82) is 0 Å². The second-order valence-corrected chi connectivity index (χ2v) is 10.2. The van der Waals surface area contributed by atoms with E-state index in [1.165, 1.54) is 6.33 Å². The highest BCUT2D eigenvalue weighted by Gasteiger charge is 2.15. The highest BCUT2D eigenvalue weighted by atomic mass is 127. The lowest BCUT2D eigenvalue weighted by Crippen LogP contribution is -2.33. The average Bonchev–Trinajstić information content (AvgIpc) is 2.76. The van der Waals surface area contributed by atoms with Gasteiger partial charge in [0.25, 0.3) is 0 Å². The summed E-state index contributed by atoms with van der Waals surface area (Å²) in [5.41, 5.74) is 2.85. The number of hydrogen-bond donors (Lipinski definition) is 3. The van der Waals surface area contributed by atoms with E-state index in [1.807, 2.05) is 32.9 Å². The molecule has 0 saturated carbocycles. The number of rotatable bonds is 8. The lowest BCUT2D eigenvalue weighted by atomic mass is 10.1. The van der Waals surface area contributed by atoms with Crippen LogP contribution in [0.25, 0.3) is 11.4 Å². The second kappa shape index (κ2) is 11.8. The van der Waals surface area contributed by atoms with Crippen molar-refractivity contribution in [3.8, 4) is 11.4 Å². The molecule has 3 aromatic rings. The van der Waals surface area contributed by atoms with Crippen LogP contribution in [0.4, 0.5) is 16.4 Å². The third kappa shape index (κ3) is 8.07. The molecule has 0 fully saturated rings. The smallest absolute Gasteiger partial charge is 0.407 e. The van der Waals surface area contributed by atoms with Crippen LogP contribution in [0.3, 0.4) is 0 Å². The lowest BCUT2D eigenvalue weighted by molar-refractivity contribution is 0.0527.